The molecule has 0 unspecified atom stereocenters. The number of nitrogens with zero attached hydrogens (tertiary/aromatic N) is 2. The van der Waals surface area contributed by atoms with E-state index in [4.69, 9.17) is 21.7 Å². The molecule has 0 spiro atoms. The van der Waals surface area contributed by atoms with Gasteiger partial charge >= 0.3 is 5.97 Å². The first-order valence-electron chi connectivity index (χ1n) is 13.1. The van der Waals surface area contributed by atoms with Gasteiger partial charge in [0.15, 0.2) is 5.13 Å². The fourth-order valence-corrected chi connectivity index (χ4v) is 5.38. The first kappa shape index (κ1) is 29.3. The Kier molecular flexibility index (Phi) is 8.96. The van der Waals surface area contributed by atoms with Crippen LogP contribution in [-0.4, -0.2) is 28.5 Å². The van der Waals surface area contributed by atoms with Crippen LogP contribution in [0.1, 0.15) is 59.1 Å². The molecule has 1 amide bonds. The van der Waals surface area contributed by atoms with E-state index in [1.54, 1.807) is 23.5 Å². The van der Waals surface area contributed by atoms with Crippen LogP contribution in [0, 0.1) is 13.8 Å². The number of rotatable bonds is 9. The number of aryl methyl sites for hydroxylation is 2. The zero-order valence-corrected chi connectivity index (χ0v) is 25.0. The van der Waals surface area contributed by atoms with Gasteiger partial charge in [-0.2, -0.15) is 0 Å². The van der Waals surface area contributed by atoms with Crippen molar-refractivity contribution in [2.24, 2.45) is 0 Å². The average Bonchev–Trinajstić information content (AvgIpc) is 3.29. The largest absolute Gasteiger partial charge is 0.481 e. The monoisotopic (exact) mass is 575 g/mol. The van der Waals surface area contributed by atoms with Crippen molar-refractivity contribution in [2.75, 3.05) is 11.4 Å². The molecule has 4 rings (SSSR count). The summed E-state index contributed by atoms with van der Waals surface area (Å²) in [5, 5.41) is 13.0. The van der Waals surface area contributed by atoms with Crippen LogP contribution in [0.4, 0.5) is 10.8 Å². The molecule has 0 aliphatic heterocycles. The molecule has 0 aliphatic rings. The summed E-state index contributed by atoms with van der Waals surface area (Å²) in [5.41, 5.74) is 6.72. The number of aliphatic carboxylic acids is 1. The molecule has 0 radical (unpaired) electrons. The Hall–Kier alpha value is -3.68. The Balaban J connectivity index is 1.65. The van der Waals surface area contributed by atoms with Gasteiger partial charge in [0.1, 0.15) is 0 Å². The molecule has 2 N–H and O–H groups in total. The zero-order chi connectivity index (χ0) is 29.0. The fraction of sp³-hybridized carbons (Fsp3) is 0.281. The lowest BCUT2D eigenvalue weighted by molar-refractivity contribution is -0.136. The predicted molar refractivity (Wildman–Crippen MR) is 164 cm³/mol. The number of anilines is 2. The Morgan fingerprint density at radius 2 is 1.68 bits per heavy atom. The number of nitrogens with one attached hydrogen (secondary N) is 1. The molecule has 208 valence electrons. The van der Waals surface area contributed by atoms with E-state index in [2.05, 4.69) is 68.2 Å². The number of carbonyl (C=O) groups is 2. The molecule has 1 aromatic heterocycles. The minimum Gasteiger partial charge on any atom is -0.481 e. The van der Waals surface area contributed by atoms with Crippen molar-refractivity contribution in [3.8, 4) is 11.3 Å². The summed E-state index contributed by atoms with van der Waals surface area (Å²) in [6.07, 6.45) is -0.114. The summed E-state index contributed by atoms with van der Waals surface area (Å²) in [5.74, 6) is -1.24. The molecule has 0 bridgehead atoms. The van der Waals surface area contributed by atoms with E-state index in [1.807, 2.05) is 31.2 Å². The molecule has 0 aliphatic carbocycles. The standard InChI is InChI=1S/C32H34ClN3O3S/c1-20-6-9-24(18-27(20)33)29-21(2)40-31(35-29)36(26-14-12-25(13-15-26)32(3,4)5)19-22-7-10-23(11-8-22)30(39)34-17-16-28(37)38/h6-15,18H,16-17,19H2,1-5H3,(H,34,39)(H,37,38). The van der Waals surface area contributed by atoms with Crippen LogP contribution in [0.3, 0.4) is 0 Å². The number of amides is 1. The Morgan fingerprint density at radius 3 is 2.27 bits per heavy atom. The van der Waals surface area contributed by atoms with Gasteiger partial charge < -0.3 is 15.3 Å². The van der Waals surface area contributed by atoms with E-state index < -0.39 is 5.97 Å². The van der Waals surface area contributed by atoms with Gasteiger partial charge in [-0.25, -0.2) is 4.98 Å². The SMILES string of the molecule is Cc1ccc(-c2nc(N(Cc3ccc(C(=O)NCCC(=O)O)cc3)c3ccc(C(C)(C)C)cc3)sc2C)cc1Cl. The number of carbonyl (C=O) groups excluding carboxylic acids is 1. The molecule has 6 nitrogen and oxygen atoms in total. The van der Waals surface area contributed by atoms with Crippen molar-refractivity contribution in [1.82, 2.24) is 10.3 Å². The van der Waals surface area contributed by atoms with E-state index in [-0.39, 0.29) is 24.3 Å². The van der Waals surface area contributed by atoms with Gasteiger partial charge in [-0.15, -0.1) is 11.3 Å². The molecule has 8 heteroatoms. The van der Waals surface area contributed by atoms with E-state index >= 15 is 0 Å². The molecule has 0 saturated heterocycles. The van der Waals surface area contributed by atoms with Crippen molar-refractivity contribution < 1.29 is 14.7 Å². The summed E-state index contributed by atoms with van der Waals surface area (Å²) in [6.45, 7) is 11.3. The summed E-state index contributed by atoms with van der Waals surface area (Å²) >= 11 is 8.06. The fourth-order valence-electron chi connectivity index (χ4n) is 4.25. The smallest absolute Gasteiger partial charge is 0.305 e. The van der Waals surface area contributed by atoms with Crippen molar-refractivity contribution in [2.45, 2.75) is 53.0 Å². The van der Waals surface area contributed by atoms with Crippen LogP contribution in [-0.2, 0) is 16.8 Å². The highest BCUT2D eigenvalue weighted by atomic mass is 35.5. The van der Waals surface area contributed by atoms with E-state index in [0.717, 1.165) is 38.1 Å². The third-order valence-electron chi connectivity index (χ3n) is 6.69. The number of hydrogen-bond donors (Lipinski definition) is 2. The maximum atomic E-state index is 12.4. The number of benzene rings is 3. The highest BCUT2D eigenvalue weighted by Crippen LogP contribution is 2.38. The van der Waals surface area contributed by atoms with Crippen LogP contribution >= 0.6 is 22.9 Å². The average molecular weight is 576 g/mol. The van der Waals surface area contributed by atoms with E-state index in [9.17, 15) is 9.59 Å². The zero-order valence-electron chi connectivity index (χ0n) is 23.4. The number of halogens is 1. The van der Waals surface area contributed by atoms with Crippen LogP contribution in [0.15, 0.2) is 66.7 Å². The number of carboxylic acid groups (broad SMARTS) is 1. The molecular weight excluding hydrogens is 542 g/mol. The van der Waals surface area contributed by atoms with Crippen molar-refractivity contribution in [3.63, 3.8) is 0 Å². The lowest BCUT2D eigenvalue weighted by Gasteiger charge is -2.24. The molecule has 3 aromatic carbocycles. The molecule has 0 fully saturated rings. The van der Waals surface area contributed by atoms with E-state index in [1.165, 1.54) is 5.56 Å². The second kappa shape index (κ2) is 12.2. The van der Waals surface area contributed by atoms with Gasteiger partial charge in [-0.05, 0) is 66.3 Å². The number of thiazole rings is 1. The minimum absolute atomic E-state index is 0.0415. The summed E-state index contributed by atoms with van der Waals surface area (Å²) < 4.78 is 0. The molecular formula is C32H34ClN3O3S. The molecule has 0 atom stereocenters. The predicted octanol–water partition coefficient (Wildman–Crippen LogP) is 7.92. The minimum atomic E-state index is -0.947. The van der Waals surface area contributed by atoms with Crippen molar-refractivity contribution >= 4 is 45.6 Å². The van der Waals surface area contributed by atoms with Gasteiger partial charge in [0, 0.05) is 33.3 Å². The number of carboxylic acids is 1. The first-order chi connectivity index (χ1) is 18.9. The Labute approximate surface area is 244 Å². The molecule has 0 saturated carbocycles. The second-order valence-corrected chi connectivity index (χ2v) is 12.4. The van der Waals surface area contributed by atoms with Crippen LogP contribution < -0.4 is 10.2 Å². The van der Waals surface area contributed by atoms with Crippen molar-refractivity contribution in [3.05, 3.63) is 98.9 Å². The summed E-state index contributed by atoms with van der Waals surface area (Å²) in [6, 6.07) is 22.0. The highest BCUT2D eigenvalue weighted by molar-refractivity contribution is 7.16. The lowest BCUT2D eigenvalue weighted by Crippen LogP contribution is -2.26. The molecule has 1 heterocycles. The maximum absolute atomic E-state index is 12.4. The van der Waals surface area contributed by atoms with Crippen LogP contribution in [0.5, 0.6) is 0 Å². The first-order valence-corrected chi connectivity index (χ1v) is 14.3. The maximum Gasteiger partial charge on any atom is 0.305 e. The number of aromatic nitrogens is 1. The van der Waals surface area contributed by atoms with E-state index in [0.29, 0.717) is 17.1 Å². The lowest BCUT2D eigenvalue weighted by atomic mass is 9.87. The quantitative estimate of drug-likeness (QED) is 0.212. The Morgan fingerprint density at radius 1 is 1.00 bits per heavy atom. The Bertz CT molecular complexity index is 1510. The molecule has 40 heavy (non-hydrogen) atoms. The number of hydrogen-bond acceptors (Lipinski definition) is 5. The third-order valence-corrected chi connectivity index (χ3v) is 8.09. The normalized spacial score (nSPS) is 11.3. The molecule has 4 aromatic rings. The highest BCUT2D eigenvalue weighted by Gasteiger charge is 2.20. The second-order valence-electron chi connectivity index (χ2n) is 10.8. The summed E-state index contributed by atoms with van der Waals surface area (Å²) in [4.78, 5) is 31.5. The van der Waals surface area contributed by atoms with Gasteiger partial charge in [-0.1, -0.05) is 68.8 Å². The topological polar surface area (TPSA) is 82.5 Å². The van der Waals surface area contributed by atoms with Crippen molar-refractivity contribution in [1.29, 1.82) is 0 Å². The third kappa shape index (κ3) is 7.09. The van der Waals surface area contributed by atoms with Gasteiger partial charge in [-0.3, -0.25) is 9.59 Å². The van der Waals surface area contributed by atoms with Crippen LogP contribution in [0.25, 0.3) is 11.3 Å². The summed E-state index contributed by atoms with van der Waals surface area (Å²) in [7, 11) is 0. The van der Waals surface area contributed by atoms with Gasteiger partial charge in [0.05, 0.1) is 18.7 Å². The van der Waals surface area contributed by atoms with Gasteiger partial charge in [0.25, 0.3) is 5.91 Å². The van der Waals surface area contributed by atoms with Crippen LogP contribution in [0.2, 0.25) is 5.02 Å². The van der Waals surface area contributed by atoms with Gasteiger partial charge in [0.2, 0.25) is 0 Å².